The van der Waals surface area contributed by atoms with Gasteiger partial charge in [-0.15, -0.1) is 0 Å². The molecule has 2 aromatic carbocycles. The van der Waals surface area contributed by atoms with Crippen LogP contribution in [0.2, 0.25) is 0 Å². The van der Waals surface area contributed by atoms with Crippen LogP contribution in [-0.4, -0.2) is 33.7 Å². The van der Waals surface area contributed by atoms with E-state index in [2.05, 4.69) is 5.32 Å². The van der Waals surface area contributed by atoms with Crippen molar-refractivity contribution >= 4 is 27.3 Å². The summed E-state index contributed by atoms with van der Waals surface area (Å²) in [6.45, 7) is 0.563. The minimum Gasteiger partial charge on any atom is -0.489 e. The molecule has 24 heavy (non-hydrogen) atoms. The van der Waals surface area contributed by atoms with Gasteiger partial charge in [-0.1, -0.05) is 30.3 Å². The van der Waals surface area contributed by atoms with Crippen LogP contribution >= 0.6 is 0 Å². The summed E-state index contributed by atoms with van der Waals surface area (Å²) >= 11 is 0. The molecule has 0 fully saturated rings. The van der Waals surface area contributed by atoms with Gasteiger partial charge in [-0.2, -0.15) is 0 Å². The standard InChI is InChI=1S/C17H18N2O4S/c1-24(21,22)19-9-10-23-16-8-7-14(12-15(16)19)18-17(20)11-13-5-3-2-4-6-13/h2-8,12H,9-11H2,1H3,(H,18,20). The summed E-state index contributed by atoms with van der Waals surface area (Å²) in [6, 6.07) is 14.4. The number of carbonyl (C=O) groups excluding carboxylic acids is 1. The zero-order valence-electron chi connectivity index (χ0n) is 13.2. The van der Waals surface area contributed by atoms with Crippen molar-refractivity contribution < 1.29 is 17.9 Å². The third-order valence-corrected chi connectivity index (χ3v) is 4.85. The van der Waals surface area contributed by atoms with E-state index in [1.54, 1.807) is 18.2 Å². The van der Waals surface area contributed by atoms with E-state index < -0.39 is 10.0 Å². The number of rotatable bonds is 4. The summed E-state index contributed by atoms with van der Waals surface area (Å²) in [5.41, 5.74) is 1.89. The number of hydrogen-bond acceptors (Lipinski definition) is 4. The number of nitrogens with zero attached hydrogens (tertiary/aromatic N) is 1. The first kappa shape index (κ1) is 16.3. The number of fused-ring (bicyclic) bond motifs is 1. The molecule has 0 radical (unpaired) electrons. The molecule has 1 aliphatic heterocycles. The van der Waals surface area contributed by atoms with Crippen LogP contribution in [0, 0.1) is 0 Å². The highest BCUT2D eigenvalue weighted by Gasteiger charge is 2.25. The molecule has 0 unspecified atom stereocenters. The predicted molar refractivity (Wildman–Crippen MR) is 92.9 cm³/mol. The number of sulfonamides is 1. The van der Waals surface area contributed by atoms with E-state index in [9.17, 15) is 13.2 Å². The van der Waals surface area contributed by atoms with Gasteiger partial charge in [0.15, 0.2) is 0 Å². The lowest BCUT2D eigenvalue weighted by atomic mass is 10.1. The monoisotopic (exact) mass is 346 g/mol. The summed E-state index contributed by atoms with van der Waals surface area (Å²) in [6.07, 6.45) is 1.41. The SMILES string of the molecule is CS(=O)(=O)N1CCOc2ccc(NC(=O)Cc3ccccc3)cc21. The van der Waals surface area contributed by atoms with Crippen LogP contribution in [0.5, 0.6) is 5.75 Å². The van der Waals surface area contributed by atoms with Crippen LogP contribution < -0.4 is 14.4 Å². The van der Waals surface area contributed by atoms with Crippen LogP contribution in [0.15, 0.2) is 48.5 Å². The fourth-order valence-electron chi connectivity index (χ4n) is 2.60. The van der Waals surface area contributed by atoms with Gasteiger partial charge in [0.2, 0.25) is 15.9 Å². The maximum absolute atomic E-state index is 12.2. The number of benzene rings is 2. The summed E-state index contributed by atoms with van der Waals surface area (Å²) in [5, 5.41) is 2.80. The van der Waals surface area contributed by atoms with E-state index in [1.165, 1.54) is 4.31 Å². The smallest absolute Gasteiger partial charge is 0.232 e. The van der Waals surface area contributed by atoms with E-state index in [0.717, 1.165) is 11.8 Å². The van der Waals surface area contributed by atoms with Crippen molar-refractivity contribution in [2.45, 2.75) is 6.42 Å². The van der Waals surface area contributed by atoms with Crippen molar-refractivity contribution in [3.05, 3.63) is 54.1 Å². The summed E-state index contributed by atoms with van der Waals surface area (Å²) in [5.74, 6) is 0.330. The van der Waals surface area contributed by atoms with Gasteiger partial charge >= 0.3 is 0 Å². The highest BCUT2D eigenvalue weighted by atomic mass is 32.2. The van der Waals surface area contributed by atoms with Gasteiger partial charge in [0.25, 0.3) is 0 Å². The second-order valence-corrected chi connectivity index (χ2v) is 7.48. The zero-order valence-corrected chi connectivity index (χ0v) is 14.0. The molecule has 2 aromatic rings. The number of amides is 1. The maximum atomic E-state index is 12.2. The van der Waals surface area contributed by atoms with Crippen molar-refractivity contribution in [1.82, 2.24) is 0 Å². The van der Waals surface area contributed by atoms with Crippen molar-refractivity contribution in [3.63, 3.8) is 0 Å². The van der Waals surface area contributed by atoms with Crippen LogP contribution in [0.3, 0.4) is 0 Å². The molecule has 0 atom stereocenters. The Morgan fingerprint density at radius 3 is 2.67 bits per heavy atom. The Morgan fingerprint density at radius 1 is 1.21 bits per heavy atom. The number of nitrogens with one attached hydrogen (secondary N) is 1. The molecule has 0 saturated heterocycles. The normalized spacial score (nSPS) is 13.8. The van der Waals surface area contributed by atoms with Crippen molar-refractivity contribution in [1.29, 1.82) is 0 Å². The fourth-order valence-corrected chi connectivity index (χ4v) is 3.51. The molecule has 126 valence electrons. The molecule has 0 aliphatic carbocycles. The molecular weight excluding hydrogens is 328 g/mol. The molecule has 3 rings (SSSR count). The molecule has 0 spiro atoms. The topological polar surface area (TPSA) is 75.7 Å². The van der Waals surface area contributed by atoms with Crippen LogP contribution in [0.1, 0.15) is 5.56 Å². The van der Waals surface area contributed by atoms with E-state index in [0.29, 0.717) is 23.7 Å². The van der Waals surface area contributed by atoms with Gasteiger partial charge in [-0.25, -0.2) is 8.42 Å². The fraction of sp³-hybridized carbons (Fsp3) is 0.235. The Labute approximate surface area is 141 Å². The van der Waals surface area contributed by atoms with Gasteiger partial charge in [0.05, 0.1) is 24.9 Å². The van der Waals surface area contributed by atoms with Gasteiger partial charge in [-0.05, 0) is 23.8 Å². The third kappa shape index (κ3) is 3.68. The molecule has 0 bridgehead atoms. The minimum absolute atomic E-state index is 0.163. The first-order valence-electron chi connectivity index (χ1n) is 7.52. The van der Waals surface area contributed by atoms with E-state index in [4.69, 9.17) is 4.74 Å². The lowest BCUT2D eigenvalue weighted by Crippen LogP contribution is -2.37. The average molecular weight is 346 g/mol. The van der Waals surface area contributed by atoms with Crippen LogP contribution in [0.4, 0.5) is 11.4 Å². The Hall–Kier alpha value is -2.54. The summed E-state index contributed by atoms with van der Waals surface area (Å²) in [4.78, 5) is 12.2. The lowest BCUT2D eigenvalue weighted by molar-refractivity contribution is -0.115. The molecule has 1 amide bonds. The van der Waals surface area contributed by atoms with Gasteiger partial charge in [0, 0.05) is 5.69 Å². The summed E-state index contributed by atoms with van der Waals surface area (Å²) in [7, 11) is -3.39. The molecule has 1 N–H and O–H groups in total. The Balaban J connectivity index is 1.79. The number of anilines is 2. The van der Waals surface area contributed by atoms with Crippen molar-refractivity contribution in [3.8, 4) is 5.75 Å². The second kappa shape index (κ2) is 6.52. The Bertz CT molecular complexity index is 850. The number of carbonyl (C=O) groups is 1. The molecule has 1 aliphatic rings. The zero-order chi connectivity index (χ0) is 17.2. The lowest BCUT2D eigenvalue weighted by Gasteiger charge is -2.29. The van der Waals surface area contributed by atoms with Gasteiger partial charge in [0.1, 0.15) is 12.4 Å². The van der Waals surface area contributed by atoms with Crippen molar-refractivity contribution in [2.24, 2.45) is 0 Å². The predicted octanol–water partition coefficient (Wildman–Crippen LogP) is 2.03. The Morgan fingerprint density at radius 2 is 1.96 bits per heavy atom. The molecule has 6 nitrogen and oxygen atoms in total. The third-order valence-electron chi connectivity index (χ3n) is 3.67. The first-order chi connectivity index (χ1) is 11.4. The molecule has 1 heterocycles. The highest BCUT2D eigenvalue weighted by Crippen LogP contribution is 2.35. The van der Waals surface area contributed by atoms with Gasteiger partial charge < -0.3 is 10.1 Å². The minimum atomic E-state index is -3.39. The van der Waals surface area contributed by atoms with Crippen molar-refractivity contribution in [2.75, 3.05) is 29.0 Å². The molecule has 7 heteroatoms. The molecule has 0 aromatic heterocycles. The first-order valence-corrected chi connectivity index (χ1v) is 9.37. The maximum Gasteiger partial charge on any atom is 0.232 e. The molecular formula is C17H18N2O4S. The largest absolute Gasteiger partial charge is 0.489 e. The second-order valence-electron chi connectivity index (χ2n) is 5.58. The van der Waals surface area contributed by atoms with Crippen LogP contribution in [0.25, 0.3) is 0 Å². The Kier molecular flexibility index (Phi) is 4.44. The molecule has 0 saturated carbocycles. The van der Waals surface area contributed by atoms with E-state index in [1.807, 2.05) is 30.3 Å². The van der Waals surface area contributed by atoms with E-state index in [-0.39, 0.29) is 18.9 Å². The van der Waals surface area contributed by atoms with Crippen LogP contribution in [-0.2, 0) is 21.2 Å². The average Bonchev–Trinajstić information content (AvgIpc) is 2.54. The summed E-state index contributed by atoms with van der Waals surface area (Å²) < 4.78 is 30.6. The number of ether oxygens (including phenoxy) is 1. The van der Waals surface area contributed by atoms with Gasteiger partial charge in [-0.3, -0.25) is 9.10 Å². The quantitative estimate of drug-likeness (QED) is 0.919. The van der Waals surface area contributed by atoms with E-state index >= 15 is 0 Å². The number of hydrogen-bond donors (Lipinski definition) is 1. The highest BCUT2D eigenvalue weighted by molar-refractivity contribution is 7.92.